The monoisotopic (exact) mass is 449 g/mol. The first-order chi connectivity index (χ1) is 10.7. The quantitative estimate of drug-likeness (QED) is 0.420. The molecule has 1 aliphatic rings. The van der Waals surface area contributed by atoms with Crippen LogP contribution in [0.1, 0.15) is 46.3 Å². The van der Waals surface area contributed by atoms with E-state index in [9.17, 15) is 9.50 Å². The number of aliphatic imine (C=N–C) groups is 1. The summed E-state index contributed by atoms with van der Waals surface area (Å²) >= 11 is 0. The Hall–Kier alpha value is -0.890. The summed E-state index contributed by atoms with van der Waals surface area (Å²) in [5.74, 6) is 0.514. The lowest BCUT2D eigenvalue weighted by Gasteiger charge is -2.62. The molecule has 4 nitrogen and oxygen atoms in total. The summed E-state index contributed by atoms with van der Waals surface area (Å²) < 4.78 is 13.0. The maximum Gasteiger partial charge on any atom is 0.194 e. The molecule has 1 atom stereocenters. The molecule has 1 aromatic rings. The molecule has 1 unspecified atom stereocenters. The molecule has 2 rings (SSSR count). The van der Waals surface area contributed by atoms with E-state index in [1.807, 2.05) is 6.92 Å². The summed E-state index contributed by atoms with van der Waals surface area (Å²) in [7, 11) is 0. The van der Waals surface area contributed by atoms with Gasteiger partial charge >= 0.3 is 0 Å². The molecule has 0 saturated carbocycles. The number of guanidine groups is 1. The van der Waals surface area contributed by atoms with Crippen LogP contribution in [0.3, 0.4) is 0 Å². The summed E-state index contributed by atoms with van der Waals surface area (Å²) in [4.78, 5) is 6.83. The van der Waals surface area contributed by atoms with E-state index in [2.05, 4.69) is 42.9 Å². The molecule has 1 fully saturated rings. The van der Waals surface area contributed by atoms with Gasteiger partial charge in [0.25, 0.3) is 0 Å². The molecule has 0 bridgehead atoms. The van der Waals surface area contributed by atoms with Crippen molar-refractivity contribution < 1.29 is 9.50 Å². The number of rotatable bonds is 4. The number of hydrogen-bond donors (Lipinski definition) is 2. The standard InChI is InChI=1S/C18H28FN3O.HI/c1-6-20-16(22-12-17(2,3)18(22,4)5)21-11-15(23)13-7-9-14(19)10-8-13;/h7-10,15,23H,6,11-12H2,1-5H3,(H,20,21);1H. The molecule has 1 saturated heterocycles. The average Bonchev–Trinajstić information content (AvgIpc) is 2.49. The summed E-state index contributed by atoms with van der Waals surface area (Å²) in [6.07, 6.45) is -0.735. The summed E-state index contributed by atoms with van der Waals surface area (Å²) in [5.41, 5.74) is 0.905. The van der Waals surface area contributed by atoms with Crippen molar-refractivity contribution in [3.8, 4) is 0 Å². The van der Waals surface area contributed by atoms with Crippen LogP contribution in [0, 0.1) is 11.2 Å². The van der Waals surface area contributed by atoms with Gasteiger partial charge in [-0.2, -0.15) is 0 Å². The zero-order valence-electron chi connectivity index (χ0n) is 15.1. The third kappa shape index (κ3) is 4.20. The minimum absolute atomic E-state index is 0. The highest BCUT2D eigenvalue weighted by molar-refractivity contribution is 14.0. The van der Waals surface area contributed by atoms with Gasteiger partial charge < -0.3 is 15.3 Å². The second-order valence-electron chi connectivity index (χ2n) is 7.29. The van der Waals surface area contributed by atoms with Crippen LogP contribution >= 0.6 is 24.0 Å². The number of nitrogens with zero attached hydrogens (tertiary/aromatic N) is 2. The van der Waals surface area contributed by atoms with Crippen LogP contribution in [0.2, 0.25) is 0 Å². The molecule has 0 amide bonds. The van der Waals surface area contributed by atoms with E-state index in [1.54, 1.807) is 12.1 Å². The SMILES string of the molecule is CCNC(=NCC(O)c1ccc(F)cc1)N1CC(C)(C)C1(C)C.I. The Morgan fingerprint density at radius 3 is 2.33 bits per heavy atom. The van der Waals surface area contributed by atoms with E-state index in [1.165, 1.54) is 12.1 Å². The number of aliphatic hydroxyl groups is 1. The Morgan fingerprint density at radius 1 is 1.29 bits per heavy atom. The molecule has 0 aromatic heterocycles. The van der Waals surface area contributed by atoms with Crippen molar-refractivity contribution in [1.29, 1.82) is 0 Å². The Labute approximate surface area is 161 Å². The third-order valence-electron chi connectivity index (χ3n) is 5.14. The van der Waals surface area contributed by atoms with E-state index < -0.39 is 6.10 Å². The first kappa shape index (κ1) is 21.2. The van der Waals surface area contributed by atoms with Gasteiger partial charge in [0.2, 0.25) is 0 Å². The van der Waals surface area contributed by atoms with Gasteiger partial charge in [0.05, 0.1) is 12.6 Å². The molecule has 0 radical (unpaired) electrons. The van der Waals surface area contributed by atoms with E-state index in [4.69, 9.17) is 0 Å². The predicted molar refractivity (Wildman–Crippen MR) is 107 cm³/mol. The smallest absolute Gasteiger partial charge is 0.194 e. The van der Waals surface area contributed by atoms with Crippen LogP contribution in [0.15, 0.2) is 29.3 Å². The maximum atomic E-state index is 13.0. The highest BCUT2D eigenvalue weighted by atomic mass is 127. The fraction of sp³-hybridized carbons (Fsp3) is 0.611. The van der Waals surface area contributed by atoms with E-state index in [0.717, 1.165) is 19.0 Å². The number of likely N-dealkylation sites (tertiary alicyclic amines) is 1. The summed E-state index contributed by atoms with van der Waals surface area (Å²) in [5, 5.41) is 13.6. The van der Waals surface area contributed by atoms with E-state index in [0.29, 0.717) is 5.56 Å². The van der Waals surface area contributed by atoms with Crippen LogP contribution in [0.4, 0.5) is 4.39 Å². The van der Waals surface area contributed by atoms with Crippen molar-refractivity contribution >= 4 is 29.9 Å². The van der Waals surface area contributed by atoms with Gasteiger partial charge in [-0.15, -0.1) is 24.0 Å². The van der Waals surface area contributed by atoms with Gasteiger partial charge in [-0.1, -0.05) is 26.0 Å². The summed E-state index contributed by atoms with van der Waals surface area (Å²) in [6, 6.07) is 5.90. The zero-order chi connectivity index (χ0) is 17.3. The van der Waals surface area contributed by atoms with Crippen molar-refractivity contribution in [2.75, 3.05) is 19.6 Å². The fourth-order valence-electron chi connectivity index (χ4n) is 2.76. The minimum Gasteiger partial charge on any atom is -0.386 e. The second kappa shape index (κ2) is 7.99. The highest BCUT2D eigenvalue weighted by Gasteiger charge is 2.53. The Bertz CT molecular complexity index is 572. The van der Waals surface area contributed by atoms with Crippen molar-refractivity contribution in [2.45, 2.75) is 46.3 Å². The van der Waals surface area contributed by atoms with Crippen LogP contribution in [-0.4, -0.2) is 41.1 Å². The van der Waals surface area contributed by atoms with E-state index in [-0.39, 0.29) is 47.3 Å². The molecule has 6 heteroatoms. The molecule has 2 N–H and O–H groups in total. The first-order valence-corrected chi connectivity index (χ1v) is 8.18. The lowest BCUT2D eigenvalue weighted by Crippen LogP contribution is -2.72. The highest BCUT2D eigenvalue weighted by Crippen LogP contribution is 2.46. The molecule has 24 heavy (non-hydrogen) atoms. The van der Waals surface area contributed by atoms with Crippen LogP contribution < -0.4 is 5.32 Å². The Morgan fingerprint density at radius 2 is 1.88 bits per heavy atom. The molecule has 0 spiro atoms. The van der Waals surface area contributed by atoms with Crippen molar-refractivity contribution in [3.05, 3.63) is 35.6 Å². The van der Waals surface area contributed by atoms with Gasteiger partial charge in [0.15, 0.2) is 5.96 Å². The van der Waals surface area contributed by atoms with Gasteiger partial charge in [0, 0.05) is 24.0 Å². The number of nitrogens with one attached hydrogen (secondary N) is 1. The lowest BCUT2D eigenvalue weighted by atomic mass is 9.65. The summed E-state index contributed by atoms with van der Waals surface area (Å²) in [6.45, 7) is 12.9. The predicted octanol–water partition coefficient (Wildman–Crippen LogP) is 3.56. The normalized spacial score (nSPS) is 20.0. The van der Waals surface area contributed by atoms with Crippen molar-refractivity contribution in [3.63, 3.8) is 0 Å². The van der Waals surface area contributed by atoms with Crippen molar-refractivity contribution in [2.24, 2.45) is 10.4 Å². The van der Waals surface area contributed by atoms with Gasteiger partial charge in [0.1, 0.15) is 5.82 Å². The van der Waals surface area contributed by atoms with E-state index >= 15 is 0 Å². The van der Waals surface area contributed by atoms with Gasteiger partial charge in [-0.3, -0.25) is 4.99 Å². The molecule has 1 aliphatic heterocycles. The Kier molecular flexibility index (Phi) is 7.04. The van der Waals surface area contributed by atoms with Crippen LogP contribution in [0.25, 0.3) is 0 Å². The third-order valence-corrected chi connectivity index (χ3v) is 5.14. The molecular formula is C18H29FIN3O. The fourth-order valence-corrected chi connectivity index (χ4v) is 2.76. The number of hydrogen-bond acceptors (Lipinski definition) is 2. The number of aliphatic hydroxyl groups excluding tert-OH is 1. The number of halogens is 2. The van der Waals surface area contributed by atoms with Crippen LogP contribution in [0.5, 0.6) is 0 Å². The molecule has 1 aromatic carbocycles. The van der Waals surface area contributed by atoms with Gasteiger partial charge in [-0.25, -0.2) is 4.39 Å². The topological polar surface area (TPSA) is 47.9 Å². The van der Waals surface area contributed by atoms with Crippen molar-refractivity contribution in [1.82, 2.24) is 10.2 Å². The molecule has 136 valence electrons. The second-order valence-corrected chi connectivity index (χ2v) is 7.29. The molecule has 0 aliphatic carbocycles. The first-order valence-electron chi connectivity index (χ1n) is 8.18. The minimum atomic E-state index is -0.735. The molecular weight excluding hydrogens is 420 g/mol. The molecule has 1 heterocycles. The Balaban J connectivity index is 0.00000288. The average molecular weight is 449 g/mol. The zero-order valence-corrected chi connectivity index (χ0v) is 17.5. The lowest BCUT2D eigenvalue weighted by molar-refractivity contribution is -0.0668. The maximum absolute atomic E-state index is 13.0. The largest absolute Gasteiger partial charge is 0.386 e. The van der Waals surface area contributed by atoms with Crippen LogP contribution in [-0.2, 0) is 0 Å². The van der Waals surface area contributed by atoms with Gasteiger partial charge in [-0.05, 0) is 38.5 Å². The number of benzene rings is 1.